The lowest BCUT2D eigenvalue weighted by Crippen LogP contribution is -2.36. The molecule has 0 saturated carbocycles. The van der Waals surface area contributed by atoms with E-state index in [0.29, 0.717) is 31.0 Å². The summed E-state index contributed by atoms with van der Waals surface area (Å²) in [5.41, 5.74) is 0.203. The number of nitrogens with one attached hydrogen (secondary N) is 1. The maximum Gasteiger partial charge on any atom is 0.410 e. The van der Waals surface area contributed by atoms with Crippen LogP contribution in [0.1, 0.15) is 32.8 Å². The van der Waals surface area contributed by atoms with Crippen LogP contribution in [0.4, 0.5) is 10.6 Å². The highest BCUT2D eigenvalue weighted by Crippen LogP contribution is 2.23. The van der Waals surface area contributed by atoms with E-state index in [1.165, 1.54) is 23.4 Å². The van der Waals surface area contributed by atoms with Crippen LogP contribution >= 0.6 is 0 Å². The van der Waals surface area contributed by atoms with Crippen LogP contribution in [0, 0.1) is 17.2 Å². The van der Waals surface area contributed by atoms with Crippen molar-refractivity contribution in [1.29, 1.82) is 5.26 Å². The van der Waals surface area contributed by atoms with Crippen LogP contribution < -0.4 is 5.32 Å². The SMILES string of the molecule is CC(C)(C)OC(=O)N1CC[C@H](C(=O)Nc2cn(-c3ccc(C#N)c(O)c3)cn2)C1. The zero-order valence-corrected chi connectivity index (χ0v) is 16.5. The first kappa shape index (κ1) is 20.2. The molecule has 9 nitrogen and oxygen atoms in total. The quantitative estimate of drug-likeness (QED) is 0.821. The predicted molar refractivity (Wildman–Crippen MR) is 104 cm³/mol. The second-order valence-corrected chi connectivity index (χ2v) is 7.88. The molecule has 0 unspecified atom stereocenters. The number of phenols is 1. The number of carbonyl (C=O) groups is 2. The van der Waals surface area contributed by atoms with E-state index in [9.17, 15) is 14.7 Å². The van der Waals surface area contributed by atoms with Gasteiger partial charge in [-0.1, -0.05) is 0 Å². The maximum absolute atomic E-state index is 12.5. The van der Waals surface area contributed by atoms with Crippen molar-refractivity contribution in [2.24, 2.45) is 5.92 Å². The summed E-state index contributed by atoms with van der Waals surface area (Å²) in [6.07, 6.45) is 3.24. The van der Waals surface area contributed by atoms with E-state index in [1.807, 2.05) is 6.07 Å². The van der Waals surface area contributed by atoms with E-state index >= 15 is 0 Å². The van der Waals surface area contributed by atoms with Gasteiger partial charge in [-0.15, -0.1) is 0 Å². The maximum atomic E-state index is 12.5. The molecule has 0 radical (unpaired) electrons. The van der Waals surface area contributed by atoms with E-state index in [4.69, 9.17) is 10.00 Å². The van der Waals surface area contributed by atoms with Gasteiger partial charge in [-0.2, -0.15) is 5.26 Å². The number of amides is 2. The normalized spacial score (nSPS) is 16.3. The lowest BCUT2D eigenvalue weighted by atomic mass is 10.1. The zero-order valence-electron chi connectivity index (χ0n) is 16.5. The first-order valence-corrected chi connectivity index (χ1v) is 9.22. The van der Waals surface area contributed by atoms with Gasteiger partial charge in [0.2, 0.25) is 5.91 Å². The molecule has 2 aromatic rings. The number of nitrogens with zero attached hydrogens (tertiary/aromatic N) is 4. The fourth-order valence-corrected chi connectivity index (χ4v) is 3.00. The molecule has 9 heteroatoms. The molecule has 152 valence electrons. The lowest BCUT2D eigenvalue weighted by molar-refractivity contribution is -0.119. The highest BCUT2D eigenvalue weighted by molar-refractivity contribution is 5.92. The number of hydrogen-bond acceptors (Lipinski definition) is 6. The third kappa shape index (κ3) is 4.85. The van der Waals surface area contributed by atoms with Gasteiger partial charge in [0.15, 0.2) is 5.82 Å². The molecule has 0 aliphatic carbocycles. The number of phenolic OH excluding ortho intramolecular Hbond substituents is 1. The van der Waals surface area contributed by atoms with Gasteiger partial charge in [0, 0.05) is 19.2 Å². The van der Waals surface area contributed by atoms with E-state index < -0.39 is 11.7 Å². The van der Waals surface area contributed by atoms with Crippen LogP contribution in [0.2, 0.25) is 0 Å². The van der Waals surface area contributed by atoms with Gasteiger partial charge in [0.25, 0.3) is 0 Å². The Morgan fingerprint density at radius 2 is 2.14 bits per heavy atom. The van der Waals surface area contributed by atoms with Crippen molar-refractivity contribution in [2.45, 2.75) is 32.8 Å². The number of rotatable bonds is 3. The third-order valence-electron chi connectivity index (χ3n) is 4.44. The van der Waals surface area contributed by atoms with Crippen molar-refractivity contribution in [2.75, 3.05) is 18.4 Å². The van der Waals surface area contributed by atoms with Gasteiger partial charge in [0.05, 0.1) is 23.4 Å². The Labute approximate surface area is 168 Å². The number of likely N-dealkylation sites (tertiary alicyclic amines) is 1. The van der Waals surface area contributed by atoms with Crippen LogP contribution in [-0.2, 0) is 9.53 Å². The number of carbonyl (C=O) groups excluding carboxylic acids is 2. The molecule has 1 aliphatic rings. The second kappa shape index (κ2) is 7.83. The molecule has 1 aliphatic heterocycles. The average Bonchev–Trinajstić information content (AvgIpc) is 3.30. The molecule has 0 spiro atoms. The van der Waals surface area contributed by atoms with E-state index in [1.54, 1.807) is 37.6 Å². The number of anilines is 1. The molecule has 3 rings (SSSR count). The molecule has 1 fully saturated rings. The summed E-state index contributed by atoms with van der Waals surface area (Å²) in [5.74, 6) is -0.331. The molecular weight excluding hydrogens is 374 g/mol. The Kier molecular flexibility index (Phi) is 5.46. The minimum absolute atomic E-state index is 0.127. The van der Waals surface area contributed by atoms with Gasteiger partial charge in [-0.3, -0.25) is 4.79 Å². The minimum atomic E-state index is -0.579. The fraction of sp³-hybridized carbons (Fsp3) is 0.400. The molecule has 1 atom stereocenters. The van der Waals surface area contributed by atoms with Crippen molar-refractivity contribution >= 4 is 17.8 Å². The van der Waals surface area contributed by atoms with E-state index in [0.717, 1.165) is 0 Å². The van der Waals surface area contributed by atoms with Crippen molar-refractivity contribution in [3.63, 3.8) is 0 Å². The standard InChI is InChI=1S/C20H23N5O4/c1-20(2,3)29-19(28)24-7-6-14(10-24)18(27)23-17-11-25(12-22-17)15-5-4-13(9-21)16(26)8-15/h4-5,8,11-12,14,26H,6-7,10H2,1-3H3,(H,23,27)/t14-/m0/s1. The van der Waals surface area contributed by atoms with Crippen molar-refractivity contribution < 1.29 is 19.4 Å². The predicted octanol–water partition coefficient (Wildman–Crippen LogP) is 2.65. The molecule has 1 aromatic carbocycles. The largest absolute Gasteiger partial charge is 0.506 e. The monoisotopic (exact) mass is 397 g/mol. The van der Waals surface area contributed by atoms with Crippen LogP contribution in [0.15, 0.2) is 30.7 Å². The Balaban J connectivity index is 1.60. The Bertz CT molecular complexity index is 970. The first-order valence-electron chi connectivity index (χ1n) is 9.22. The summed E-state index contributed by atoms with van der Waals surface area (Å²) in [6, 6.07) is 6.51. The van der Waals surface area contributed by atoms with Crippen molar-refractivity contribution in [3.05, 3.63) is 36.3 Å². The van der Waals surface area contributed by atoms with E-state index in [-0.39, 0.29) is 23.1 Å². The summed E-state index contributed by atoms with van der Waals surface area (Å²) < 4.78 is 6.97. The molecule has 2 amide bonds. The van der Waals surface area contributed by atoms with Crippen molar-refractivity contribution in [1.82, 2.24) is 14.5 Å². The zero-order chi connectivity index (χ0) is 21.2. The van der Waals surface area contributed by atoms with Crippen LogP contribution in [-0.4, -0.2) is 50.2 Å². The topological polar surface area (TPSA) is 120 Å². The summed E-state index contributed by atoms with van der Waals surface area (Å²) in [4.78, 5) is 30.4. The number of imidazole rings is 1. The summed E-state index contributed by atoms with van der Waals surface area (Å²) >= 11 is 0. The second-order valence-electron chi connectivity index (χ2n) is 7.88. The molecule has 1 saturated heterocycles. The molecule has 0 bridgehead atoms. The summed E-state index contributed by atoms with van der Waals surface area (Å²) in [5, 5.41) is 21.5. The number of ether oxygens (including phenoxy) is 1. The summed E-state index contributed by atoms with van der Waals surface area (Å²) in [7, 11) is 0. The highest BCUT2D eigenvalue weighted by Gasteiger charge is 2.33. The van der Waals surface area contributed by atoms with Gasteiger partial charge in [-0.05, 0) is 39.3 Å². The molecule has 1 aromatic heterocycles. The fourth-order valence-electron chi connectivity index (χ4n) is 3.00. The van der Waals surface area contributed by atoms with Gasteiger partial charge in [0.1, 0.15) is 23.7 Å². The van der Waals surface area contributed by atoms with Gasteiger partial charge in [-0.25, -0.2) is 9.78 Å². The number of hydrogen-bond donors (Lipinski definition) is 2. The Hall–Kier alpha value is -3.54. The van der Waals surface area contributed by atoms with Crippen LogP contribution in [0.3, 0.4) is 0 Å². The number of nitriles is 1. The molecule has 2 heterocycles. The Morgan fingerprint density at radius 3 is 2.79 bits per heavy atom. The molecule has 29 heavy (non-hydrogen) atoms. The van der Waals surface area contributed by atoms with Crippen LogP contribution in [0.25, 0.3) is 5.69 Å². The first-order chi connectivity index (χ1) is 13.7. The molecular formula is C20H23N5O4. The minimum Gasteiger partial charge on any atom is -0.506 e. The number of aromatic hydroxyl groups is 1. The smallest absolute Gasteiger partial charge is 0.410 e. The third-order valence-corrected chi connectivity index (χ3v) is 4.44. The van der Waals surface area contributed by atoms with Crippen molar-refractivity contribution in [3.8, 4) is 17.5 Å². The lowest BCUT2D eigenvalue weighted by Gasteiger charge is -2.24. The van der Waals surface area contributed by atoms with Gasteiger partial charge >= 0.3 is 6.09 Å². The van der Waals surface area contributed by atoms with Crippen LogP contribution in [0.5, 0.6) is 5.75 Å². The highest BCUT2D eigenvalue weighted by atomic mass is 16.6. The van der Waals surface area contributed by atoms with E-state index in [2.05, 4.69) is 10.3 Å². The number of benzene rings is 1. The average molecular weight is 397 g/mol. The number of aromatic nitrogens is 2. The summed E-state index contributed by atoms with van der Waals surface area (Å²) in [6.45, 7) is 6.16. The molecule has 2 N–H and O–H groups in total. The Morgan fingerprint density at radius 1 is 1.38 bits per heavy atom. The van der Waals surface area contributed by atoms with Gasteiger partial charge < -0.3 is 24.6 Å².